The number of carbonyl (C=O) groups excluding carboxylic acids is 3. The van der Waals surface area contributed by atoms with Crippen molar-refractivity contribution >= 4 is 28.2 Å². The molecule has 7 N–H and O–H groups in total. The fourth-order valence-electron chi connectivity index (χ4n) is 6.61. The summed E-state index contributed by atoms with van der Waals surface area (Å²) < 4.78 is 0. The quantitative estimate of drug-likeness (QED) is 0.281. The predicted octanol–water partition coefficient (Wildman–Crippen LogP) is 2.89. The molecule has 39 heavy (non-hydrogen) atoms. The van der Waals surface area contributed by atoms with Crippen LogP contribution in [0.2, 0.25) is 0 Å². The Bertz CT molecular complexity index is 1700. The first-order chi connectivity index (χ1) is 18.6. The standard InChI is InChI=1S/C30H25NO8/c31-29(38)25-22(34)11-15-9-14-10-20-19(18-6-5-13(12-32)16-3-1-2-4-17(16)18)7-8-21(33)24(20)26(35)23(14)27(36)30(15,39)28(25)37/h1-8,14-15,32-34,36,39H,9-12H2,(H2,31,38)/t14-,15+,30+/m1/s1. The minimum Gasteiger partial charge on any atom is -0.511 e. The van der Waals surface area contributed by atoms with Gasteiger partial charge in [0, 0.05) is 17.9 Å². The summed E-state index contributed by atoms with van der Waals surface area (Å²) in [6.45, 7) is -0.149. The normalized spacial score (nSPS) is 24.5. The van der Waals surface area contributed by atoms with Crippen LogP contribution in [0.4, 0.5) is 0 Å². The predicted molar refractivity (Wildman–Crippen MR) is 140 cm³/mol. The van der Waals surface area contributed by atoms with Crippen molar-refractivity contribution in [3.05, 3.63) is 87.9 Å². The Labute approximate surface area is 222 Å². The number of rotatable bonds is 3. The summed E-state index contributed by atoms with van der Waals surface area (Å²) in [6.07, 6.45) is -0.0219. The molecular weight excluding hydrogens is 502 g/mol. The van der Waals surface area contributed by atoms with Crippen LogP contribution < -0.4 is 5.73 Å². The molecule has 0 aliphatic heterocycles. The van der Waals surface area contributed by atoms with Gasteiger partial charge in [-0.05, 0) is 57.9 Å². The van der Waals surface area contributed by atoms with Gasteiger partial charge in [0.1, 0.15) is 22.8 Å². The summed E-state index contributed by atoms with van der Waals surface area (Å²) in [5.74, 6) is -6.60. The fourth-order valence-corrected chi connectivity index (χ4v) is 6.61. The molecule has 0 spiro atoms. The number of Topliss-reactive ketones (excluding diaryl/α,β-unsaturated/α-hetero) is 2. The number of benzene rings is 3. The monoisotopic (exact) mass is 527 g/mol. The molecule has 198 valence electrons. The van der Waals surface area contributed by atoms with E-state index in [9.17, 15) is 39.9 Å². The highest BCUT2D eigenvalue weighted by Gasteiger charge is 2.59. The molecule has 3 aliphatic rings. The van der Waals surface area contributed by atoms with Gasteiger partial charge >= 0.3 is 0 Å². The third kappa shape index (κ3) is 3.30. The van der Waals surface area contributed by atoms with E-state index in [1.807, 2.05) is 30.3 Å². The van der Waals surface area contributed by atoms with Crippen molar-refractivity contribution in [2.45, 2.75) is 31.5 Å². The lowest BCUT2D eigenvalue weighted by Gasteiger charge is -2.45. The molecule has 9 heteroatoms. The molecule has 3 atom stereocenters. The smallest absolute Gasteiger partial charge is 0.255 e. The van der Waals surface area contributed by atoms with Gasteiger partial charge in [0.25, 0.3) is 5.91 Å². The lowest BCUT2D eigenvalue weighted by atomic mass is 9.60. The second-order valence-electron chi connectivity index (χ2n) is 10.4. The molecule has 1 amide bonds. The maximum atomic E-state index is 13.8. The average molecular weight is 528 g/mol. The zero-order chi connectivity index (χ0) is 27.8. The first-order valence-corrected chi connectivity index (χ1v) is 12.5. The number of aromatic hydroxyl groups is 1. The first kappa shape index (κ1) is 24.8. The Kier molecular flexibility index (Phi) is 5.43. The summed E-state index contributed by atoms with van der Waals surface area (Å²) in [4.78, 5) is 38.8. The van der Waals surface area contributed by atoms with Crippen LogP contribution in [0.1, 0.15) is 34.3 Å². The van der Waals surface area contributed by atoms with Crippen molar-refractivity contribution in [1.29, 1.82) is 0 Å². The highest BCUT2D eigenvalue weighted by molar-refractivity contribution is 6.24. The molecule has 3 aliphatic carbocycles. The van der Waals surface area contributed by atoms with Gasteiger partial charge in [0.2, 0.25) is 5.78 Å². The van der Waals surface area contributed by atoms with E-state index in [1.54, 1.807) is 12.1 Å². The van der Waals surface area contributed by atoms with Gasteiger partial charge in [0.05, 0.1) is 12.2 Å². The zero-order valence-corrected chi connectivity index (χ0v) is 20.6. The molecule has 3 aromatic carbocycles. The number of hydrogen-bond acceptors (Lipinski definition) is 8. The minimum atomic E-state index is -2.60. The summed E-state index contributed by atoms with van der Waals surface area (Å²) in [6, 6.07) is 14.3. The number of carbonyl (C=O) groups is 3. The zero-order valence-electron chi connectivity index (χ0n) is 20.6. The molecule has 0 unspecified atom stereocenters. The summed E-state index contributed by atoms with van der Waals surface area (Å²) in [5.41, 5.74) is 4.37. The van der Waals surface area contributed by atoms with E-state index in [4.69, 9.17) is 5.73 Å². The van der Waals surface area contributed by atoms with Crippen LogP contribution in [0.15, 0.2) is 71.2 Å². The van der Waals surface area contributed by atoms with Crippen molar-refractivity contribution in [2.24, 2.45) is 17.6 Å². The highest BCUT2D eigenvalue weighted by atomic mass is 16.3. The Morgan fingerprint density at radius 2 is 1.64 bits per heavy atom. The van der Waals surface area contributed by atoms with Gasteiger partial charge in [-0.2, -0.15) is 0 Å². The maximum absolute atomic E-state index is 13.8. The number of allylic oxidation sites excluding steroid dienone is 2. The van der Waals surface area contributed by atoms with Crippen LogP contribution in [-0.4, -0.2) is 48.6 Å². The Hall–Kier alpha value is -4.47. The van der Waals surface area contributed by atoms with Crippen molar-refractivity contribution in [3.8, 4) is 16.9 Å². The minimum absolute atomic E-state index is 0.0422. The van der Waals surface area contributed by atoms with E-state index in [2.05, 4.69) is 0 Å². The Morgan fingerprint density at radius 3 is 2.33 bits per heavy atom. The average Bonchev–Trinajstić information content (AvgIpc) is 2.90. The lowest BCUT2D eigenvalue weighted by Crippen LogP contribution is -2.57. The molecule has 3 aromatic rings. The molecule has 0 fully saturated rings. The number of phenols is 1. The van der Waals surface area contributed by atoms with Crippen LogP contribution in [0.3, 0.4) is 0 Å². The molecular formula is C30H25NO8. The summed E-state index contributed by atoms with van der Waals surface area (Å²) in [7, 11) is 0. The van der Waals surface area contributed by atoms with Crippen molar-refractivity contribution in [3.63, 3.8) is 0 Å². The maximum Gasteiger partial charge on any atom is 0.255 e. The molecule has 0 aromatic heterocycles. The Morgan fingerprint density at radius 1 is 0.949 bits per heavy atom. The van der Waals surface area contributed by atoms with E-state index in [-0.39, 0.29) is 42.8 Å². The van der Waals surface area contributed by atoms with Crippen LogP contribution in [0.25, 0.3) is 21.9 Å². The molecule has 6 rings (SSSR count). The second kappa shape index (κ2) is 8.52. The number of amides is 1. The summed E-state index contributed by atoms with van der Waals surface area (Å²) >= 11 is 0. The summed E-state index contributed by atoms with van der Waals surface area (Å²) in [5, 5.41) is 55.3. The van der Waals surface area contributed by atoms with Gasteiger partial charge in [-0.3, -0.25) is 14.4 Å². The molecule has 0 heterocycles. The molecule has 0 saturated carbocycles. The van der Waals surface area contributed by atoms with Crippen molar-refractivity contribution in [1.82, 2.24) is 0 Å². The number of nitrogens with two attached hydrogens (primary N) is 1. The Balaban J connectivity index is 1.55. The number of ketones is 2. The van der Waals surface area contributed by atoms with E-state index in [0.717, 1.165) is 21.9 Å². The number of hydrogen-bond donors (Lipinski definition) is 6. The van der Waals surface area contributed by atoms with Crippen molar-refractivity contribution in [2.75, 3.05) is 0 Å². The largest absolute Gasteiger partial charge is 0.511 e. The van der Waals surface area contributed by atoms with Gasteiger partial charge in [-0.25, -0.2) is 0 Å². The van der Waals surface area contributed by atoms with Crippen LogP contribution in [0.5, 0.6) is 5.75 Å². The number of fused-ring (bicyclic) bond motifs is 4. The number of aliphatic hydroxyl groups is 4. The number of aliphatic hydroxyl groups excluding tert-OH is 3. The van der Waals surface area contributed by atoms with Gasteiger partial charge in [0.15, 0.2) is 11.4 Å². The second-order valence-corrected chi connectivity index (χ2v) is 10.4. The number of primary amides is 1. The first-order valence-electron chi connectivity index (χ1n) is 12.5. The van der Waals surface area contributed by atoms with E-state index in [1.165, 1.54) is 6.07 Å². The SMILES string of the molecule is NC(=O)C1=C(O)C[C@@H]2C[C@@H]3Cc4c(-c5ccc(CO)c6ccccc56)ccc(O)c4C(=O)C3=C(O)[C@]2(O)C1=O. The molecule has 0 radical (unpaired) electrons. The van der Waals surface area contributed by atoms with Crippen LogP contribution in [-0.2, 0) is 22.6 Å². The molecule has 0 bridgehead atoms. The number of phenolic OH excluding ortho intramolecular Hbond substituents is 1. The topological polar surface area (TPSA) is 178 Å². The molecule has 0 saturated heterocycles. The van der Waals surface area contributed by atoms with Gasteiger partial charge in [-0.1, -0.05) is 42.5 Å². The highest BCUT2D eigenvalue weighted by Crippen LogP contribution is 2.52. The van der Waals surface area contributed by atoms with E-state index >= 15 is 0 Å². The van der Waals surface area contributed by atoms with Gasteiger partial charge in [-0.15, -0.1) is 0 Å². The van der Waals surface area contributed by atoms with E-state index in [0.29, 0.717) is 11.1 Å². The van der Waals surface area contributed by atoms with Crippen molar-refractivity contribution < 1.29 is 39.9 Å². The van der Waals surface area contributed by atoms with E-state index < -0.39 is 52.0 Å². The molecule has 9 nitrogen and oxygen atoms in total. The third-order valence-corrected chi connectivity index (χ3v) is 8.42. The fraction of sp³-hybridized carbons (Fsp3) is 0.233. The third-order valence-electron chi connectivity index (χ3n) is 8.42. The lowest BCUT2D eigenvalue weighted by molar-refractivity contribution is -0.144. The van der Waals surface area contributed by atoms with Gasteiger partial charge < -0.3 is 31.3 Å². The van der Waals surface area contributed by atoms with Crippen LogP contribution >= 0.6 is 0 Å². The van der Waals surface area contributed by atoms with Crippen LogP contribution in [0, 0.1) is 11.8 Å².